The van der Waals surface area contributed by atoms with Crippen LogP contribution in [0.4, 0.5) is 0 Å². The van der Waals surface area contributed by atoms with Crippen LogP contribution in [0.1, 0.15) is 45.1 Å². The zero-order chi connectivity index (χ0) is 14.6. The Kier molecular flexibility index (Phi) is 8.33. The Morgan fingerprint density at radius 2 is 1.75 bits per heavy atom. The monoisotopic (exact) mass is 275 g/mol. The summed E-state index contributed by atoms with van der Waals surface area (Å²) in [6, 6.07) is 5.86. The molecule has 0 aromatic heterocycles. The zero-order valence-corrected chi connectivity index (χ0v) is 12.6. The summed E-state index contributed by atoms with van der Waals surface area (Å²) < 4.78 is 11.4. The minimum absolute atomic E-state index is 0.684. The van der Waals surface area contributed by atoms with Crippen molar-refractivity contribution in [3.05, 3.63) is 23.8 Å². The predicted octanol–water partition coefficient (Wildman–Crippen LogP) is 3.35. The van der Waals surface area contributed by atoms with Gasteiger partial charge in [-0.15, -0.1) is 0 Å². The molecule has 3 heteroatoms. The topological polar surface area (TPSA) is 44.5 Å². The zero-order valence-electron chi connectivity index (χ0n) is 12.6. The lowest BCUT2D eigenvalue weighted by atomic mass is 10.2. The number of ether oxygens (including phenoxy) is 2. The average molecular weight is 275 g/mol. The van der Waals surface area contributed by atoms with Crippen LogP contribution in [0.15, 0.2) is 18.2 Å². The van der Waals surface area contributed by atoms with Crippen molar-refractivity contribution in [3.63, 3.8) is 0 Å². The second-order valence-electron chi connectivity index (χ2n) is 4.55. The molecule has 0 aliphatic heterocycles. The molecule has 20 heavy (non-hydrogen) atoms. The van der Waals surface area contributed by atoms with E-state index in [1.165, 1.54) is 0 Å². The summed E-state index contributed by atoms with van der Waals surface area (Å²) in [4.78, 5) is 0. The van der Waals surface area contributed by atoms with Gasteiger partial charge in [-0.05, 0) is 44.0 Å². The van der Waals surface area contributed by atoms with E-state index in [0.29, 0.717) is 19.8 Å². The maximum atomic E-state index is 5.74. The van der Waals surface area contributed by atoms with Crippen molar-refractivity contribution in [2.45, 2.75) is 39.5 Å². The van der Waals surface area contributed by atoms with Gasteiger partial charge in [0.15, 0.2) is 11.5 Å². The Morgan fingerprint density at radius 1 is 1.05 bits per heavy atom. The molecule has 1 rings (SSSR count). The number of nitrogens with two attached hydrogens (primary N) is 1. The quantitative estimate of drug-likeness (QED) is 0.584. The van der Waals surface area contributed by atoms with E-state index in [1.54, 1.807) is 0 Å². The Bertz CT molecular complexity index is 446. The molecule has 0 amide bonds. The van der Waals surface area contributed by atoms with Gasteiger partial charge in [0.05, 0.1) is 13.2 Å². The third-order valence-corrected chi connectivity index (χ3v) is 2.61. The highest BCUT2D eigenvalue weighted by Gasteiger charge is 2.05. The van der Waals surface area contributed by atoms with Gasteiger partial charge in [0, 0.05) is 12.0 Å². The van der Waals surface area contributed by atoms with Crippen molar-refractivity contribution in [1.29, 1.82) is 0 Å². The minimum atomic E-state index is 0.684. The Balaban J connectivity index is 2.79. The molecular formula is C17H25NO2. The van der Waals surface area contributed by atoms with Crippen molar-refractivity contribution in [2.75, 3.05) is 19.8 Å². The van der Waals surface area contributed by atoms with Crippen molar-refractivity contribution in [2.24, 2.45) is 5.73 Å². The summed E-state index contributed by atoms with van der Waals surface area (Å²) in [5, 5.41) is 0. The normalized spacial score (nSPS) is 9.75. The Morgan fingerprint density at radius 3 is 2.40 bits per heavy atom. The number of rotatable bonds is 8. The summed E-state index contributed by atoms with van der Waals surface area (Å²) in [6.45, 7) is 6.24. The van der Waals surface area contributed by atoms with Crippen LogP contribution >= 0.6 is 0 Å². The average Bonchev–Trinajstić information content (AvgIpc) is 2.48. The van der Waals surface area contributed by atoms with Crippen molar-refractivity contribution < 1.29 is 9.47 Å². The van der Waals surface area contributed by atoms with E-state index >= 15 is 0 Å². The fraction of sp³-hybridized carbons (Fsp3) is 0.529. The van der Waals surface area contributed by atoms with Crippen LogP contribution in [0.2, 0.25) is 0 Å². The SMILES string of the molecule is CCCOc1ccc(C#CCCCN)cc1OCCC. The van der Waals surface area contributed by atoms with Gasteiger partial charge in [0.25, 0.3) is 0 Å². The third-order valence-electron chi connectivity index (χ3n) is 2.61. The molecule has 0 radical (unpaired) electrons. The van der Waals surface area contributed by atoms with Crippen LogP contribution in [-0.4, -0.2) is 19.8 Å². The molecule has 0 unspecified atom stereocenters. The van der Waals surface area contributed by atoms with E-state index in [-0.39, 0.29) is 0 Å². The molecule has 110 valence electrons. The maximum Gasteiger partial charge on any atom is 0.162 e. The van der Waals surface area contributed by atoms with Crippen LogP contribution in [0.5, 0.6) is 11.5 Å². The molecule has 0 atom stereocenters. The molecule has 0 fully saturated rings. The second-order valence-corrected chi connectivity index (χ2v) is 4.55. The molecule has 3 nitrogen and oxygen atoms in total. The third kappa shape index (κ3) is 5.99. The van der Waals surface area contributed by atoms with Crippen LogP contribution in [-0.2, 0) is 0 Å². The molecule has 0 aliphatic carbocycles. The number of hydrogen-bond donors (Lipinski definition) is 1. The van der Waals surface area contributed by atoms with Crippen LogP contribution in [0, 0.1) is 11.8 Å². The number of hydrogen-bond acceptors (Lipinski definition) is 3. The van der Waals surface area contributed by atoms with Crippen LogP contribution in [0.25, 0.3) is 0 Å². The second kappa shape index (κ2) is 10.2. The highest BCUT2D eigenvalue weighted by atomic mass is 16.5. The lowest BCUT2D eigenvalue weighted by molar-refractivity contribution is 0.268. The van der Waals surface area contributed by atoms with E-state index in [4.69, 9.17) is 15.2 Å². The highest BCUT2D eigenvalue weighted by Crippen LogP contribution is 2.28. The molecule has 0 bridgehead atoms. The number of benzene rings is 1. The summed E-state index contributed by atoms with van der Waals surface area (Å²) in [6.07, 6.45) is 3.72. The van der Waals surface area contributed by atoms with Crippen LogP contribution in [0.3, 0.4) is 0 Å². The molecule has 1 aromatic rings. The largest absolute Gasteiger partial charge is 0.490 e. The molecule has 2 N–H and O–H groups in total. The van der Waals surface area contributed by atoms with Gasteiger partial charge < -0.3 is 15.2 Å². The molecule has 0 heterocycles. The predicted molar refractivity (Wildman–Crippen MR) is 83.2 cm³/mol. The lowest BCUT2D eigenvalue weighted by Gasteiger charge is -2.12. The molecule has 0 saturated heterocycles. The lowest BCUT2D eigenvalue weighted by Crippen LogP contribution is -2.01. The summed E-state index contributed by atoms with van der Waals surface area (Å²) >= 11 is 0. The van der Waals surface area contributed by atoms with Gasteiger partial charge in [-0.3, -0.25) is 0 Å². The maximum absolute atomic E-state index is 5.74. The van der Waals surface area contributed by atoms with Crippen molar-refractivity contribution in [1.82, 2.24) is 0 Å². The summed E-state index contributed by atoms with van der Waals surface area (Å²) in [5.41, 5.74) is 6.40. The van der Waals surface area contributed by atoms with E-state index in [9.17, 15) is 0 Å². The van der Waals surface area contributed by atoms with Gasteiger partial charge >= 0.3 is 0 Å². The number of unbranched alkanes of at least 4 members (excludes halogenated alkanes) is 1. The van der Waals surface area contributed by atoms with Crippen molar-refractivity contribution in [3.8, 4) is 23.3 Å². The summed E-state index contributed by atoms with van der Waals surface area (Å²) in [5.74, 6) is 7.84. The molecule has 0 aliphatic rings. The smallest absolute Gasteiger partial charge is 0.162 e. The molecule has 0 saturated carbocycles. The Labute approximate surface area is 122 Å². The standard InChI is InChI=1S/C17H25NO2/c1-3-12-19-16-10-9-15(8-6-5-7-11-18)14-17(16)20-13-4-2/h9-10,14H,3-5,7,11-13,18H2,1-2H3. The fourth-order valence-corrected chi connectivity index (χ4v) is 1.60. The first-order valence-corrected chi connectivity index (χ1v) is 7.40. The highest BCUT2D eigenvalue weighted by molar-refractivity contribution is 5.48. The minimum Gasteiger partial charge on any atom is -0.490 e. The van der Waals surface area contributed by atoms with E-state index in [1.807, 2.05) is 18.2 Å². The molecular weight excluding hydrogens is 250 g/mol. The summed E-state index contributed by atoms with van der Waals surface area (Å²) in [7, 11) is 0. The molecule has 1 aromatic carbocycles. The van der Waals surface area contributed by atoms with Gasteiger partial charge in [-0.2, -0.15) is 0 Å². The van der Waals surface area contributed by atoms with E-state index in [0.717, 1.165) is 42.7 Å². The van der Waals surface area contributed by atoms with Gasteiger partial charge in [0.2, 0.25) is 0 Å². The fourth-order valence-electron chi connectivity index (χ4n) is 1.60. The van der Waals surface area contributed by atoms with Gasteiger partial charge in [-0.25, -0.2) is 0 Å². The van der Waals surface area contributed by atoms with Crippen molar-refractivity contribution >= 4 is 0 Å². The molecule has 0 spiro atoms. The first-order chi connectivity index (χ1) is 9.81. The van der Waals surface area contributed by atoms with E-state index in [2.05, 4.69) is 25.7 Å². The Hall–Kier alpha value is -1.66. The van der Waals surface area contributed by atoms with E-state index < -0.39 is 0 Å². The first-order valence-electron chi connectivity index (χ1n) is 7.40. The van der Waals surface area contributed by atoms with Gasteiger partial charge in [-0.1, -0.05) is 25.7 Å². The first kappa shape index (κ1) is 16.4. The van der Waals surface area contributed by atoms with Gasteiger partial charge in [0.1, 0.15) is 0 Å². The van der Waals surface area contributed by atoms with Crippen LogP contribution < -0.4 is 15.2 Å².